The van der Waals surface area contributed by atoms with Crippen molar-refractivity contribution in [2.75, 3.05) is 20.2 Å². The number of carbonyl (C=O) groups is 1. The molecule has 0 bridgehead atoms. The zero-order valence-electron chi connectivity index (χ0n) is 22.2. The first-order valence-electron chi connectivity index (χ1n) is 12.6. The Morgan fingerprint density at radius 2 is 1.89 bits per heavy atom. The van der Waals surface area contributed by atoms with Gasteiger partial charge in [-0.25, -0.2) is 0 Å². The van der Waals surface area contributed by atoms with E-state index in [2.05, 4.69) is 12.6 Å². The van der Waals surface area contributed by atoms with Gasteiger partial charge < -0.3 is 26.8 Å². The van der Waals surface area contributed by atoms with Crippen molar-refractivity contribution < 1.29 is 9.53 Å². The normalized spacial score (nSPS) is 13.9. The van der Waals surface area contributed by atoms with Crippen LogP contribution in [0.5, 0.6) is 5.75 Å². The van der Waals surface area contributed by atoms with E-state index in [0.29, 0.717) is 24.3 Å². The van der Waals surface area contributed by atoms with Crippen molar-refractivity contribution in [1.29, 1.82) is 5.26 Å². The molecule has 38 heavy (non-hydrogen) atoms. The highest BCUT2D eigenvalue weighted by atomic mass is 16.5. The van der Waals surface area contributed by atoms with Crippen LogP contribution in [0.15, 0.2) is 67.4 Å². The highest BCUT2D eigenvalue weighted by molar-refractivity contribution is 5.99. The van der Waals surface area contributed by atoms with E-state index in [4.69, 9.17) is 32.2 Å². The largest absolute Gasteiger partial charge is 0.495 e. The van der Waals surface area contributed by atoms with Crippen molar-refractivity contribution >= 4 is 22.4 Å². The van der Waals surface area contributed by atoms with Crippen LogP contribution in [0.1, 0.15) is 31.4 Å². The topological polar surface area (TPSA) is 144 Å². The average molecular weight is 513 g/mol. The second-order valence-corrected chi connectivity index (χ2v) is 9.23. The molecule has 0 fully saturated rings. The first-order valence-corrected chi connectivity index (χ1v) is 12.6. The minimum absolute atomic E-state index is 0.0940. The van der Waals surface area contributed by atoms with Gasteiger partial charge in [0.2, 0.25) is 5.91 Å². The maximum atomic E-state index is 12.6. The lowest BCUT2D eigenvalue weighted by Gasteiger charge is -2.35. The van der Waals surface area contributed by atoms with E-state index in [0.717, 1.165) is 33.2 Å². The Labute approximate surface area is 224 Å². The molecule has 3 aromatic rings. The fourth-order valence-corrected chi connectivity index (χ4v) is 4.87. The van der Waals surface area contributed by atoms with E-state index in [1.807, 2.05) is 50.3 Å². The number of hydrogen-bond acceptors (Lipinski definition) is 7. The predicted octanol–water partition coefficient (Wildman–Crippen LogP) is 3.59. The Morgan fingerprint density at radius 1 is 1.18 bits per heavy atom. The molecule has 0 aliphatic rings. The first kappa shape index (κ1) is 28.5. The highest BCUT2D eigenvalue weighted by Crippen LogP contribution is 2.38. The maximum absolute atomic E-state index is 12.6. The monoisotopic (exact) mass is 512 g/mol. The summed E-state index contributed by atoms with van der Waals surface area (Å²) in [5, 5.41) is 9.97. The second-order valence-electron chi connectivity index (χ2n) is 9.23. The van der Waals surface area contributed by atoms with Gasteiger partial charge in [-0.3, -0.25) is 9.78 Å². The molecule has 1 heterocycles. The molecule has 3 unspecified atom stereocenters. The van der Waals surface area contributed by atoms with E-state index in [9.17, 15) is 4.79 Å². The number of allylic oxidation sites excluding steroid dienone is 2. The number of nitriles is 1. The Kier molecular flexibility index (Phi) is 9.74. The number of fused-ring (bicyclic) bond motifs is 1. The van der Waals surface area contributed by atoms with Crippen LogP contribution < -0.4 is 21.9 Å². The molecule has 0 spiro atoms. The lowest BCUT2D eigenvalue weighted by molar-refractivity contribution is -0.133. The molecule has 8 nitrogen and oxygen atoms in total. The van der Waals surface area contributed by atoms with Crippen molar-refractivity contribution in [2.24, 2.45) is 17.2 Å². The molecule has 198 valence electrons. The summed E-state index contributed by atoms with van der Waals surface area (Å²) in [4.78, 5) is 19.1. The maximum Gasteiger partial charge on any atom is 0.236 e. The quantitative estimate of drug-likeness (QED) is 0.333. The van der Waals surface area contributed by atoms with Gasteiger partial charge in [0.15, 0.2) is 0 Å². The van der Waals surface area contributed by atoms with Gasteiger partial charge in [-0.15, -0.1) is 0 Å². The van der Waals surface area contributed by atoms with Gasteiger partial charge in [0.05, 0.1) is 30.8 Å². The smallest absolute Gasteiger partial charge is 0.236 e. The van der Waals surface area contributed by atoms with E-state index >= 15 is 0 Å². The first-order chi connectivity index (χ1) is 18.3. The van der Waals surface area contributed by atoms with Gasteiger partial charge in [-0.2, -0.15) is 5.26 Å². The number of amides is 1. The third-order valence-electron chi connectivity index (χ3n) is 6.73. The van der Waals surface area contributed by atoms with Crippen molar-refractivity contribution in [1.82, 2.24) is 9.88 Å². The minimum Gasteiger partial charge on any atom is -0.495 e. The molecule has 1 amide bonds. The number of pyridine rings is 1. The van der Waals surface area contributed by atoms with E-state index < -0.39 is 6.04 Å². The number of para-hydroxylation sites is 1. The number of aromatic nitrogens is 1. The number of rotatable bonds is 11. The van der Waals surface area contributed by atoms with Crippen molar-refractivity contribution in [3.63, 3.8) is 0 Å². The lowest BCUT2D eigenvalue weighted by Crippen LogP contribution is -2.51. The van der Waals surface area contributed by atoms with E-state index in [-0.39, 0.29) is 24.5 Å². The fraction of sp³-hybridized carbons (Fsp3) is 0.300. The molecule has 3 rings (SSSR count). The summed E-state index contributed by atoms with van der Waals surface area (Å²) >= 11 is 0. The Morgan fingerprint density at radius 3 is 2.47 bits per heavy atom. The van der Waals surface area contributed by atoms with Gasteiger partial charge in [-0.1, -0.05) is 43.0 Å². The molecule has 0 saturated carbocycles. The van der Waals surface area contributed by atoms with Gasteiger partial charge in [-0.05, 0) is 49.6 Å². The summed E-state index contributed by atoms with van der Waals surface area (Å²) in [6, 6.07) is 14.6. The summed E-state index contributed by atoms with van der Waals surface area (Å²) in [7, 11) is 1.62. The van der Waals surface area contributed by atoms with Gasteiger partial charge in [0.25, 0.3) is 0 Å². The summed E-state index contributed by atoms with van der Waals surface area (Å²) in [6.45, 7) is 7.96. The third kappa shape index (κ3) is 5.92. The highest BCUT2D eigenvalue weighted by Gasteiger charge is 2.27. The molecular formula is C30H36N6O2. The number of benzene rings is 2. The number of carbonyl (C=O) groups excluding carboxylic acids is 1. The SMILES string of the molecule is C=C/C=C(/c1cnc2c(-c3ccc(C#N)cc3)cccc2c1OC)C(N)CC(C)N(C(=O)CN)C(C)CN. The molecule has 0 radical (unpaired) electrons. The number of hydrogen-bond donors (Lipinski definition) is 3. The van der Waals surface area contributed by atoms with Gasteiger partial charge in [0.1, 0.15) is 5.75 Å². The lowest BCUT2D eigenvalue weighted by atomic mass is 9.91. The van der Waals surface area contributed by atoms with E-state index in [1.165, 1.54) is 0 Å². The third-order valence-corrected chi connectivity index (χ3v) is 6.73. The summed E-state index contributed by atoms with van der Waals surface area (Å²) in [6.07, 6.45) is 5.78. The molecule has 8 heteroatoms. The van der Waals surface area contributed by atoms with Crippen LogP contribution in [-0.2, 0) is 4.79 Å². The predicted molar refractivity (Wildman–Crippen MR) is 153 cm³/mol. The number of methoxy groups -OCH3 is 1. The van der Waals surface area contributed by atoms with Crippen LogP contribution in [-0.4, -0.2) is 54.1 Å². The zero-order chi connectivity index (χ0) is 27.8. The van der Waals surface area contributed by atoms with Gasteiger partial charge >= 0.3 is 0 Å². The summed E-state index contributed by atoms with van der Waals surface area (Å²) in [5.74, 6) is 0.476. The van der Waals surface area contributed by atoms with Crippen LogP contribution in [0, 0.1) is 11.3 Å². The Balaban J connectivity index is 2.05. The second kappa shape index (κ2) is 13.0. The molecule has 3 atom stereocenters. The van der Waals surface area contributed by atoms with Crippen LogP contribution in [0.2, 0.25) is 0 Å². The number of nitrogens with zero attached hydrogens (tertiary/aromatic N) is 3. The number of ether oxygens (including phenoxy) is 1. The molecule has 0 aliphatic heterocycles. The Bertz CT molecular complexity index is 1360. The standard InChI is InChI=1S/C30H36N6O2/c1-5-7-24(27(34)14-19(2)36(20(3)15-31)28(37)17-33)26-18-35-29-23(8-6-9-25(29)30(26)38-4)22-12-10-21(16-32)11-13-22/h5-13,18-20,27H,1,14-15,17,31,33-34H2,2-4H3/b24-7-. The van der Waals surface area contributed by atoms with Gasteiger partial charge in [0, 0.05) is 47.4 Å². The van der Waals surface area contributed by atoms with Crippen molar-refractivity contribution in [3.8, 4) is 22.9 Å². The Hall–Kier alpha value is -4.03. The molecule has 0 aliphatic carbocycles. The van der Waals surface area contributed by atoms with Crippen LogP contribution in [0.3, 0.4) is 0 Å². The fourth-order valence-electron chi connectivity index (χ4n) is 4.87. The van der Waals surface area contributed by atoms with Crippen LogP contribution >= 0.6 is 0 Å². The molecule has 0 saturated heterocycles. The van der Waals surface area contributed by atoms with Crippen molar-refractivity contribution in [2.45, 2.75) is 38.4 Å². The molecular weight excluding hydrogens is 476 g/mol. The molecule has 2 aromatic carbocycles. The van der Waals surface area contributed by atoms with E-state index in [1.54, 1.807) is 36.4 Å². The summed E-state index contributed by atoms with van der Waals surface area (Å²) < 4.78 is 5.92. The van der Waals surface area contributed by atoms with Crippen LogP contribution in [0.4, 0.5) is 0 Å². The number of nitrogens with two attached hydrogens (primary N) is 3. The van der Waals surface area contributed by atoms with Crippen molar-refractivity contribution in [3.05, 3.63) is 78.5 Å². The summed E-state index contributed by atoms with van der Waals surface area (Å²) in [5.41, 5.74) is 23.1. The molecule has 6 N–H and O–H groups in total. The average Bonchev–Trinajstić information content (AvgIpc) is 2.94. The molecule has 1 aromatic heterocycles. The zero-order valence-corrected chi connectivity index (χ0v) is 22.2. The van der Waals surface area contributed by atoms with Crippen LogP contribution in [0.25, 0.3) is 27.6 Å². The minimum atomic E-state index is -0.448.